The summed E-state index contributed by atoms with van der Waals surface area (Å²) in [5.41, 5.74) is 5.48. The molecule has 0 spiro atoms. The van der Waals surface area contributed by atoms with Crippen LogP contribution in [0.25, 0.3) is 22.4 Å². The average Bonchev–Trinajstić information content (AvgIpc) is 2.67. The summed E-state index contributed by atoms with van der Waals surface area (Å²) < 4.78 is 10.0. The Labute approximate surface area is 147 Å². The summed E-state index contributed by atoms with van der Waals surface area (Å²) in [5, 5.41) is 0. The molecule has 2 aromatic carbocycles. The molecule has 126 valence electrons. The molecule has 3 rings (SSSR count). The fourth-order valence-electron chi connectivity index (χ4n) is 2.85. The number of carbonyl (C=O) groups excluding carboxylic acids is 1. The molecule has 0 saturated heterocycles. The van der Waals surface area contributed by atoms with Gasteiger partial charge in [0.2, 0.25) is 5.88 Å². The Balaban J connectivity index is 2.10. The van der Waals surface area contributed by atoms with E-state index in [1.54, 1.807) is 6.07 Å². The number of carbonyl (C=O) groups is 1. The summed E-state index contributed by atoms with van der Waals surface area (Å²) in [6, 6.07) is 19.8. The fourth-order valence-corrected chi connectivity index (χ4v) is 2.85. The number of pyridine rings is 1. The Morgan fingerprint density at radius 3 is 2.28 bits per heavy atom. The first-order valence-electron chi connectivity index (χ1n) is 7.94. The van der Waals surface area contributed by atoms with Gasteiger partial charge in [0, 0.05) is 5.56 Å². The quantitative estimate of drug-likeness (QED) is 0.659. The minimum atomic E-state index is -0.467. The number of ether oxygens (including phenoxy) is 2. The molecular formula is C21H19NO3. The van der Waals surface area contributed by atoms with Crippen molar-refractivity contribution in [1.29, 1.82) is 0 Å². The van der Waals surface area contributed by atoms with Gasteiger partial charge >= 0.3 is 5.97 Å². The van der Waals surface area contributed by atoms with Gasteiger partial charge in [-0.1, -0.05) is 48.5 Å². The van der Waals surface area contributed by atoms with Gasteiger partial charge in [-0.3, -0.25) is 0 Å². The number of nitrogens with zero attached hydrogens (tertiary/aromatic N) is 1. The van der Waals surface area contributed by atoms with Crippen LogP contribution in [0.5, 0.6) is 5.88 Å². The predicted molar refractivity (Wildman–Crippen MR) is 97.7 cm³/mol. The molecule has 3 aromatic rings. The molecule has 1 heterocycles. The lowest BCUT2D eigenvalue weighted by molar-refractivity contribution is 0.0596. The molecule has 0 N–H and O–H groups in total. The number of benzene rings is 2. The van der Waals surface area contributed by atoms with E-state index in [9.17, 15) is 4.79 Å². The van der Waals surface area contributed by atoms with Crippen molar-refractivity contribution in [3.63, 3.8) is 0 Å². The lowest BCUT2D eigenvalue weighted by Crippen LogP contribution is -2.06. The number of aromatic nitrogens is 1. The molecule has 25 heavy (non-hydrogen) atoms. The SMILES string of the molecule is COC(=O)c1ccc(-c2cccc(-c3ccccc3)c2C)nc1OC. The summed E-state index contributed by atoms with van der Waals surface area (Å²) in [7, 11) is 2.83. The third kappa shape index (κ3) is 3.24. The maximum atomic E-state index is 11.8. The second-order valence-electron chi connectivity index (χ2n) is 5.59. The van der Waals surface area contributed by atoms with Crippen molar-refractivity contribution in [1.82, 2.24) is 4.98 Å². The first-order chi connectivity index (χ1) is 12.2. The highest BCUT2D eigenvalue weighted by Gasteiger charge is 2.16. The summed E-state index contributed by atoms with van der Waals surface area (Å²) in [4.78, 5) is 16.3. The minimum absolute atomic E-state index is 0.258. The van der Waals surface area contributed by atoms with E-state index in [1.807, 2.05) is 36.4 Å². The Morgan fingerprint density at radius 1 is 0.880 bits per heavy atom. The first-order valence-corrected chi connectivity index (χ1v) is 7.94. The summed E-state index contributed by atoms with van der Waals surface area (Å²) in [5.74, 6) is -0.209. The predicted octanol–water partition coefficient (Wildman–Crippen LogP) is 4.52. The molecule has 0 aliphatic carbocycles. The number of rotatable bonds is 4. The number of methoxy groups -OCH3 is 2. The molecule has 0 bridgehead atoms. The minimum Gasteiger partial charge on any atom is -0.480 e. The van der Waals surface area contributed by atoms with Gasteiger partial charge in [-0.25, -0.2) is 9.78 Å². The second kappa shape index (κ2) is 7.18. The highest BCUT2D eigenvalue weighted by Crippen LogP contribution is 2.32. The van der Waals surface area contributed by atoms with Gasteiger partial charge < -0.3 is 9.47 Å². The molecule has 0 atom stereocenters. The van der Waals surface area contributed by atoms with Crippen LogP contribution in [0.3, 0.4) is 0 Å². The molecule has 0 fully saturated rings. The van der Waals surface area contributed by atoms with Crippen LogP contribution < -0.4 is 4.74 Å². The van der Waals surface area contributed by atoms with Gasteiger partial charge in [0.15, 0.2) is 0 Å². The third-order valence-electron chi connectivity index (χ3n) is 4.15. The van der Waals surface area contributed by atoms with Crippen LogP contribution >= 0.6 is 0 Å². The Bertz CT molecular complexity index is 904. The molecule has 0 unspecified atom stereocenters. The van der Waals surface area contributed by atoms with Crippen LogP contribution in [-0.4, -0.2) is 25.2 Å². The van der Waals surface area contributed by atoms with Crippen molar-refractivity contribution in [2.75, 3.05) is 14.2 Å². The summed E-state index contributed by atoms with van der Waals surface area (Å²) in [6.45, 7) is 2.07. The monoisotopic (exact) mass is 333 g/mol. The second-order valence-corrected chi connectivity index (χ2v) is 5.59. The lowest BCUT2D eigenvalue weighted by Gasteiger charge is -2.13. The van der Waals surface area contributed by atoms with Crippen molar-refractivity contribution in [2.45, 2.75) is 6.92 Å². The third-order valence-corrected chi connectivity index (χ3v) is 4.15. The highest BCUT2D eigenvalue weighted by molar-refractivity contribution is 5.92. The maximum absolute atomic E-state index is 11.8. The number of hydrogen-bond donors (Lipinski definition) is 0. The molecule has 4 heteroatoms. The van der Waals surface area contributed by atoms with Crippen molar-refractivity contribution in [3.8, 4) is 28.3 Å². The first kappa shape index (κ1) is 16.7. The van der Waals surface area contributed by atoms with Gasteiger partial charge in [0.05, 0.1) is 19.9 Å². The van der Waals surface area contributed by atoms with Crippen LogP contribution in [0, 0.1) is 6.92 Å². The summed E-state index contributed by atoms with van der Waals surface area (Å²) >= 11 is 0. The van der Waals surface area contributed by atoms with E-state index in [0.717, 1.165) is 27.9 Å². The molecule has 0 saturated carbocycles. The van der Waals surface area contributed by atoms with E-state index in [2.05, 4.69) is 30.1 Å². The largest absolute Gasteiger partial charge is 0.480 e. The highest BCUT2D eigenvalue weighted by atomic mass is 16.5. The average molecular weight is 333 g/mol. The standard InChI is InChI=1S/C21H19NO3/c1-14-16(15-8-5-4-6-9-15)10-7-11-17(14)19-13-12-18(21(23)25-3)20(22-19)24-2/h4-13H,1-3H3. The fraction of sp³-hybridized carbons (Fsp3) is 0.143. The van der Waals surface area contributed by atoms with Crippen molar-refractivity contribution >= 4 is 5.97 Å². The summed E-state index contributed by atoms with van der Waals surface area (Å²) in [6.07, 6.45) is 0. The number of esters is 1. The van der Waals surface area contributed by atoms with Gasteiger partial charge in [0.25, 0.3) is 0 Å². The molecule has 0 radical (unpaired) electrons. The normalized spacial score (nSPS) is 10.4. The van der Waals surface area contributed by atoms with Gasteiger partial charge in [-0.05, 0) is 35.7 Å². The zero-order valence-corrected chi connectivity index (χ0v) is 14.4. The number of hydrogen-bond acceptors (Lipinski definition) is 4. The molecule has 0 aliphatic heterocycles. The van der Waals surface area contributed by atoms with Crippen LogP contribution in [0.1, 0.15) is 15.9 Å². The van der Waals surface area contributed by atoms with E-state index in [1.165, 1.54) is 14.2 Å². The van der Waals surface area contributed by atoms with Crippen LogP contribution in [0.15, 0.2) is 60.7 Å². The van der Waals surface area contributed by atoms with E-state index in [4.69, 9.17) is 9.47 Å². The van der Waals surface area contributed by atoms with Crippen LogP contribution in [-0.2, 0) is 4.74 Å². The lowest BCUT2D eigenvalue weighted by atomic mass is 9.94. The Hall–Kier alpha value is -3.14. The Kier molecular flexibility index (Phi) is 4.80. The van der Waals surface area contributed by atoms with Crippen LogP contribution in [0.4, 0.5) is 0 Å². The molecule has 4 nitrogen and oxygen atoms in total. The smallest absolute Gasteiger partial charge is 0.343 e. The molecule has 0 aliphatic rings. The topological polar surface area (TPSA) is 48.4 Å². The zero-order valence-electron chi connectivity index (χ0n) is 14.4. The van der Waals surface area contributed by atoms with E-state index in [-0.39, 0.29) is 5.88 Å². The van der Waals surface area contributed by atoms with Crippen molar-refractivity contribution in [2.24, 2.45) is 0 Å². The van der Waals surface area contributed by atoms with Crippen molar-refractivity contribution < 1.29 is 14.3 Å². The molecule has 1 aromatic heterocycles. The van der Waals surface area contributed by atoms with Gasteiger partial charge in [0.1, 0.15) is 5.56 Å². The van der Waals surface area contributed by atoms with E-state index >= 15 is 0 Å². The van der Waals surface area contributed by atoms with E-state index in [0.29, 0.717) is 5.56 Å². The zero-order chi connectivity index (χ0) is 17.8. The maximum Gasteiger partial charge on any atom is 0.343 e. The van der Waals surface area contributed by atoms with Crippen LogP contribution in [0.2, 0.25) is 0 Å². The Morgan fingerprint density at radius 2 is 1.60 bits per heavy atom. The van der Waals surface area contributed by atoms with Gasteiger partial charge in [-0.2, -0.15) is 0 Å². The van der Waals surface area contributed by atoms with Gasteiger partial charge in [-0.15, -0.1) is 0 Å². The van der Waals surface area contributed by atoms with E-state index < -0.39 is 5.97 Å². The molecular weight excluding hydrogens is 314 g/mol. The van der Waals surface area contributed by atoms with Crippen molar-refractivity contribution in [3.05, 3.63) is 71.8 Å². The molecule has 0 amide bonds.